The van der Waals surface area contributed by atoms with Crippen LogP contribution >= 0.6 is 11.6 Å². The van der Waals surface area contributed by atoms with Crippen molar-refractivity contribution < 1.29 is 4.79 Å². The molecule has 2 heterocycles. The molecule has 1 saturated carbocycles. The van der Waals surface area contributed by atoms with E-state index in [1.54, 1.807) is 0 Å². The molecule has 0 radical (unpaired) electrons. The first-order chi connectivity index (χ1) is 10.7. The molecule has 1 amide bonds. The zero-order valence-corrected chi connectivity index (χ0v) is 13.6. The summed E-state index contributed by atoms with van der Waals surface area (Å²) < 4.78 is 0. The van der Waals surface area contributed by atoms with Gasteiger partial charge in [0, 0.05) is 23.7 Å². The number of hydrogen-bond donors (Lipinski definition) is 1. The number of piperidine rings is 1. The molecule has 1 N–H and O–H groups in total. The molecule has 0 spiro atoms. The molecule has 22 heavy (non-hydrogen) atoms. The maximum Gasteiger partial charge on any atom is 0.230 e. The summed E-state index contributed by atoms with van der Waals surface area (Å²) in [5, 5.41) is 4.09. The van der Waals surface area contributed by atoms with Crippen molar-refractivity contribution >= 4 is 17.5 Å². The van der Waals surface area contributed by atoms with Crippen LogP contribution in [0, 0.1) is 0 Å². The summed E-state index contributed by atoms with van der Waals surface area (Å²) in [6, 6.07) is 8.71. The molecule has 1 aliphatic carbocycles. The third-order valence-corrected chi connectivity index (χ3v) is 5.97. The van der Waals surface area contributed by atoms with Gasteiger partial charge in [0.05, 0.1) is 5.41 Å². The first-order valence-electron chi connectivity index (χ1n) is 8.50. The first kappa shape index (κ1) is 14.5. The van der Waals surface area contributed by atoms with Crippen LogP contribution in [0.25, 0.3) is 0 Å². The number of fused-ring (bicyclic) bond motifs is 1. The largest absolute Gasteiger partial charge is 0.351 e. The predicted molar refractivity (Wildman–Crippen MR) is 88.1 cm³/mol. The lowest BCUT2D eigenvalue weighted by atomic mass is 9.93. The van der Waals surface area contributed by atoms with Gasteiger partial charge >= 0.3 is 0 Å². The van der Waals surface area contributed by atoms with Crippen LogP contribution in [0.2, 0.25) is 5.02 Å². The highest BCUT2D eigenvalue weighted by Gasteiger charge is 2.52. The minimum absolute atomic E-state index is 0.215. The molecular formula is C18H23ClN2O. The summed E-state index contributed by atoms with van der Waals surface area (Å²) in [4.78, 5) is 15.5. The summed E-state index contributed by atoms with van der Waals surface area (Å²) in [6.07, 6.45) is 6.83. The Kier molecular flexibility index (Phi) is 3.66. The summed E-state index contributed by atoms with van der Waals surface area (Å²) in [5.41, 5.74) is 0.767. The lowest BCUT2D eigenvalue weighted by Gasteiger charge is -2.33. The number of hydrogen-bond acceptors (Lipinski definition) is 2. The number of halogens is 1. The zero-order valence-electron chi connectivity index (χ0n) is 12.9. The highest BCUT2D eigenvalue weighted by atomic mass is 35.5. The van der Waals surface area contributed by atoms with Gasteiger partial charge in [0.1, 0.15) is 0 Å². The molecular weight excluding hydrogens is 296 g/mol. The maximum atomic E-state index is 12.9. The molecule has 1 aromatic rings. The third kappa shape index (κ3) is 2.44. The second-order valence-corrected chi connectivity index (χ2v) is 7.50. The molecule has 3 aliphatic rings. The Morgan fingerprint density at radius 1 is 1.23 bits per heavy atom. The van der Waals surface area contributed by atoms with Crippen LogP contribution in [0.3, 0.4) is 0 Å². The van der Waals surface area contributed by atoms with Crippen molar-refractivity contribution in [3.63, 3.8) is 0 Å². The van der Waals surface area contributed by atoms with E-state index in [2.05, 4.69) is 10.2 Å². The Labute approximate surface area is 137 Å². The smallest absolute Gasteiger partial charge is 0.230 e. The lowest BCUT2D eigenvalue weighted by Crippen LogP contribution is -2.49. The van der Waals surface area contributed by atoms with E-state index < -0.39 is 0 Å². The Hall–Kier alpha value is -1.06. The maximum absolute atomic E-state index is 12.9. The number of benzene rings is 1. The number of amides is 1. The summed E-state index contributed by atoms with van der Waals surface area (Å²) in [6.45, 7) is 2.34. The molecule has 4 rings (SSSR count). The summed E-state index contributed by atoms with van der Waals surface area (Å²) in [7, 11) is 0. The van der Waals surface area contributed by atoms with Gasteiger partial charge < -0.3 is 5.32 Å². The van der Waals surface area contributed by atoms with E-state index in [0.29, 0.717) is 12.1 Å². The van der Waals surface area contributed by atoms with Crippen molar-refractivity contribution in [3.8, 4) is 0 Å². The molecule has 2 saturated heterocycles. The van der Waals surface area contributed by atoms with Crippen molar-refractivity contribution in [2.75, 3.05) is 13.1 Å². The molecule has 0 bridgehead atoms. The SMILES string of the molecule is O=C(N[C@@H]1CCN2CCCC[C@@H]12)C1(c2cccc(Cl)c2)CC1. The van der Waals surface area contributed by atoms with E-state index in [-0.39, 0.29) is 11.3 Å². The van der Waals surface area contributed by atoms with E-state index in [1.807, 2.05) is 24.3 Å². The van der Waals surface area contributed by atoms with Crippen molar-refractivity contribution in [1.29, 1.82) is 0 Å². The van der Waals surface area contributed by atoms with Gasteiger partial charge in [-0.1, -0.05) is 30.2 Å². The molecule has 2 atom stereocenters. The predicted octanol–water partition coefficient (Wildman–Crippen LogP) is 3.11. The normalized spacial score (nSPS) is 29.9. The van der Waals surface area contributed by atoms with Gasteiger partial charge in [0.2, 0.25) is 5.91 Å². The van der Waals surface area contributed by atoms with Crippen LogP contribution in [0.4, 0.5) is 0 Å². The molecule has 1 aromatic carbocycles. The second kappa shape index (κ2) is 5.54. The molecule has 118 valence electrons. The fourth-order valence-electron chi connectivity index (χ4n) is 4.28. The van der Waals surface area contributed by atoms with Gasteiger partial charge in [-0.25, -0.2) is 0 Å². The molecule has 0 aromatic heterocycles. The Balaban J connectivity index is 1.48. The highest BCUT2D eigenvalue weighted by molar-refractivity contribution is 6.30. The van der Waals surface area contributed by atoms with Crippen LogP contribution in [-0.4, -0.2) is 36.0 Å². The summed E-state index contributed by atoms with van der Waals surface area (Å²) in [5.74, 6) is 0.215. The van der Waals surface area contributed by atoms with E-state index in [4.69, 9.17) is 11.6 Å². The van der Waals surface area contributed by atoms with Crippen molar-refractivity contribution in [2.45, 2.75) is 56.0 Å². The van der Waals surface area contributed by atoms with Gasteiger partial charge in [-0.3, -0.25) is 9.69 Å². The minimum atomic E-state index is -0.313. The number of carbonyl (C=O) groups is 1. The second-order valence-electron chi connectivity index (χ2n) is 7.06. The van der Waals surface area contributed by atoms with Gasteiger partial charge in [-0.15, -0.1) is 0 Å². The number of carbonyl (C=O) groups excluding carboxylic acids is 1. The van der Waals surface area contributed by atoms with E-state index >= 15 is 0 Å². The first-order valence-corrected chi connectivity index (χ1v) is 8.88. The Morgan fingerprint density at radius 2 is 2.09 bits per heavy atom. The number of rotatable bonds is 3. The molecule has 3 fully saturated rings. The highest BCUT2D eigenvalue weighted by Crippen LogP contribution is 2.49. The van der Waals surface area contributed by atoms with Crippen molar-refractivity contribution in [3.05, 3.63) is 34.9 Å². The lowest BCUT2D eigenvalue weighted by molar-refractivity contribution is -0.124. The van der Waals surface area contributed by atoms with E-state index in [0.717, 1.165) is 36.4 Å². The Morgan fingerprint density at radius 3 is 2.86 bits per heavy atom. The van der Waals surface area contributed by atoms with E-state index in [1.165, 1.54) is 25.8 Å². The fourth-order valence-corrected chi connectivity index (χ4v) is 4.47. The third-order valence-electron chi connectivity index (χ3n) is 5.73. The van der Waals surface area contributed by atoms with Crippen molar-refractivity contribution in [1.82, 2.24) is 10.2 Å². The van der Waals surface area contributed by atoms with E-state index in [9.17, 15) is 4.79 Å². The quantitative estimate of drug-likeness (QED) is 0.928. The van der Waals surface area contributed by atoms with Gasteiger partial charge in [-0.2, -0.15) is 0 Å². The van der Waals surface area contributed by atoms with Gasteiger partial charge in [0.25, 0.3) is 0 Å². The van der Waals surface area contributed by atoms with Gasteiger partial charge in [0.15, 0.2) is 0 Å². The standard InChI is InChI=1S/C18H23ClN2O/c19-14-5-3-4-13(12-14)18(8-9-18)17(22)20-15-7-11-21-10-2-1-6-16(15)21/h3-5,12,15-16H,1-2,6-11H2,(H,20,22)/t15-,16+/m1/s1. The van der Waals surface area contributed by atoms with Crippen LogP contribution in [-0.2, 0) is 10.2 Å². The molecule has 3 nitrogen and oxygen atoms in total. The molecule has 2 aliphatic heterocycles. The average Bonchev–Trinajstić information content (AvgIpc) is 3.25. The number of nitrogens with one attached hydrogen (secondary N) is 1. The van der Waals surface area contributed by atoms with Crippen LogP contribution < -0.4 is 5.32 Å². The fraction of sp³-hybridized carbons (Fsp3) is 0.611. The van der Waals surface area contributed by atoms with Crippen LogP contribution in [0.5, 0.6) is 0 Å². The zero-order chi connectivity index (χ0) is 15.2. The average molecular weight is 319 g/mol. The van der Waals surface area contributed by atoms with Crippen LogP contribution in [0.1, 0.15) is 44.1 Å². The van der Waals surface area contributed by atoms with Gasteiger partial charge in [-0.05, 0) is 56.3 Å². The minimum Gasteiger partial charge on any atom is -0.351 e. The van der Waals surface area contributed by atoms with Crippen molar-refractivity contribution in [2.24, 2.45) is 0 Å². The van der Waals surface area contributed by atoms with Crippen LogP contribution in [0.15, 0.2) is 24.3 Å². The number of nitrogens with zero attached hydrogens (tertiary/aromatic N) is 1. The Bertz CT molecular complexity index is 584. The monoisotopic (exact) mass is 318 g/mol. The topological polar surface area (TPSA) is 32.3 Å². The molecule has 4 heteroatoms. The summed E-state index contributed by atoms with van der Waals surface area (Å²) >= 11 is 6.11. The molecule has 0 unspecified atom stereocenters.